The van der Waals surface area contributed by atoms with Crippen molar-refractivity contribution in [1.82, 2.24) is 9.80 Å². The van der Waals surface area contributed by atoms with Crippen LogP contribution >= 0.6 is 0 Å². The molecule has 0 unspecified atom stereocenters. The monoisotopic (exact) mass is 303 g/mol. The van der Waals surface area contributed by atoms with Gasteiger partial charge >= 0.3 is 0 Å². The maximum Gasteiger partial charge on any atom is 0.262 e. The minimum Gasteiger partial charge on any atom is -0.482 e. The second-order valence-corrected chi connectivity index (χ2v) is 6.03. The fraction of sp³-hybridized carbons (Fsp3) is 0.500. The fourth-order valence-corrected chi connectivity index (χ4v) is 2.98. The maximum atomic E-state index is 12.6. The van der Waals surface area contributed by atoms with Crippen molar-refractivity contribution in [3.8, 4) is 5.75 Å². The second-order valence-electron chi connectivity index (χ2n) is 6.03. The number of amides is 2. The summed E-state index contributed by atoms with van der Waals surface area (Å²) in [6.07, 6.45) is 1.98. The molecule has 2 heterocycles. The van der Waals surface area contributed by atoms with Crippen molar-refractivity contribution in [2.45, 2.75) is 18.9 Å². The number of rotatable bonds is 2. The zero-order valence-electron chi connectivity index (χ0n) is 13.0. The van der Waals surface area contributed by atoms with Crippen LogP contribution in [0.5, 0.6) is 5.75 Å². The molecule has 0 saturated carbocycles. The van der Waals surface area contributed by atoms with Gasteiger partial charge in [0.1, 0.15) is 5.75 Å². The number of likely N-dealkylation sites (tertiary alicyclic amines) is 1. The van der Waals surface area contributed by atoms with Crippen LogP contribution in [0.25, 0.3) is 0 Å². The quantitative estimate of drug-likeness (QED) is 0.891. The highest BCUT2D eigenvalue weighted by molar-refractivity contribution is 5.99. The molecule has 0 aliphatic carbocycles. The van der Waals surface area contributed by atoms with Crippen LogP contribution in [0.1, 0.15) is 23.2 Å². The van der Waals surface area contributed by atoms with Gasteiger partial charge in [-0.05, 0) is 45.1 Å². The van der Waals surface area contributed by atoms with Gasteiger partial charge in [0.25, 0.3) is 11.8 Å². The third-order valence-electron chi connectivity index (χ3n) is 4.34. The number of ether oxygens (including phenoxy) is 1. The summed E-state index contributed by atoms with van der Waals surface area (Å²) in [6.45, 7) is 1.56. The molecule has 22 heavy (non-hydrogen) atoms. The topological polar surface area (TPSA) is 61.9 Å². The molecule has 6 heteroatoms. The number of nitrogens with zero attached hydrogens (tertiary/aromatic N) is 2. The molecule has 6 nitrogen and oxygen atoms in total. The lowest BCUT2D eigenvalue weighted by Gasteiger charge is -2.35. The lowest BCUT2D eigenvalue weighted by atomic mass is 10.0. The van der Waals surface area contributed by atoms with Crippen molar-refractivity contribution in [2.24, 2.45) is 0 Å². The predicted octanol–water partition coefficient (Wildman–Crippen LogP) is 1.18. The van der Waals surface area contributed by atoms with E-state index >= 15 is 0 Å². The summed E-state index contributed by atoms with van der Waals surface area (Å²) in [5.41, 5.74) is 1.16. The molecule has 2 amide bonds. The molecular weight excluding hydrogens is 282 g/mol. The van der Waals surface area contributed by atoms with Crippen LogP contribution in [0, 0.1) is 0 Å². The Morgan fingerprint density at radius 3 is 2.73 bits per heavy atom. The van der Waals surface area contributed by atoms with Gasteiger partial charge in [0.2, 0.25) is 0 Å². The molecule has 0 bridgehead atoms. The van der Waals surface area contributed by atoms with Crippen molar-refractivity contribution in [3.05, 3.63) is 23.8 Å². The SMILES string of the molecule is CN(C)C1CCN(C(=O)c2ccc3c(c2)NC(=O)CO3)CC1. The van der Waals surface area contributed by atoms with Gasteiger partial charge < -0.3 is 19.9 Å². The van der Waals surface area contributed by atoms with Crippen molar-refractivity contribution >= 4 is 17.5 Å². The number of anilines is 1. The zero-order chi connectivity index (χ0) is 15.7. The normalized spacial score (nSPS) is 18.7. The van der Waals surface area contributed by atoms with Gasteiger partial charge in [-0.3, -0.25) is 9.59 Å². The Bertz CT molecular complexity index is 592. The van der Waals surface area contributed by atoms with Gasteiger partial charge in [-0.15, -0.1) is 0 Å². The summed E-state index contributed by atoms with van der Waals surface area (Å²) in [7, 11) is 4.16. The highest BCUT2D eigenvalue weighted by atomic mass is 16.5. The standard InChI is InChI=1S/C16H21N3O3/c1-18(2)12-5-7-19(8-6-12)16(21)11-3-4-14-13(9-11)17-15(20)10-22-14/h3-4,9,12H,5-8,10H2,1-2H3,(H,17,20). The summed E-state index contributed by atoms with van der Waals surface area (Å²) in [4.78, 5) is 28.1. The highest BCUT2D eigenvalue weighted by Crippen LogP contribution is 2.29. The third-order valence-corrected chi connectivity index (χ3v) is 4.34. The summed E-state index contributed by atoms with van der Waals surface area (Å²) in [6, 6.07) is 5.75. The highest BCUT2D eigenvalue weighted by Gasteiger charge is 2.25. The molecule has 3 rings (SSSR count). The molecule has 0 radical (unpaired) electrons. The van der Waals surface area contributed by atoms with Crippen LogP contribution in [-0.4, -0.2) is 61.4 Å². The van der Waals surface area contributed by atoms with Crippen LogP contribution in [-0.2, 0) is 4.79 Å². The van der Waals surface area contributed by atoms with Crippen molar-refractivity contribution in [2.75, 3.05) is 39.1 Å². The Morgan fingerprint density at radius 2 is 2.05 bits per heavy atom. The van der Waals surface area contributed by atoms with E-state index in [0.29, 0.717) is 23.0 Å². The Labute approximate surface area is 130 Å². The lowest BCUT2D eigenvalue weighted by molar-refractivity contribution is -0.118. The summed E-state index contributed by atoms with van der Waals surface area (Å²) < 4.78 is 5.31. The molecule has 0 spiro atoms. The van der Waals surface area contributed by atoms with Crippen molar-refractivity contribution in [1.29, 1.82) is 0 Å². The van der Waals surface area contributed by atoms with Gasteiger partial charge in [-0.2, -0.15) is 0 Å². The number of hydrogen-bond acceptors (Lipinski definition) is 4. The largest absolute Gasteiger partial charge is 0.482 e. The van der Waals surface area contributed by atoms with Crippen LogP contribution in [0.3, 0.4) is 0 Å². The first-order valence-corrected chi connectivity index (χ1v) is 7.57. The molecule has 0 atom stereocenters. The molecule has 1 aromatic rings. The van der Waals surface area contributed by atoms with E-state index in [0.717, 1.165) is 25.9 Å². The number of piperidine rings is 1. The molecule has 1 N–H and O–H groups in total. The Kier molecular flexibility index (Phi) is 4.02. The van der Waals surface area contributed by atoms with Crippen LogP contribution in [0.15, 0.2) is 18.2 Å². The second kappa shape index (κ2) is 5.96. The summed E-state index contributed by atoms with van der Waals surface area (Å²) in [5.74, 6) is 0.436. The minimum atomic E-state index is -0.191. The molecule has 1 aromatic carbocycles. The Morgan fingerprint density at radius 1 is 1.32 bits per heavy atom. The first kappa shape index (κ1) is 14.8. The predicted molar refractivity (Wildman–Crippen MR) is 83.2 cm³/mol. The molecular formula is C16H21N3O3. The van der Waals surface area contributed by atoms with E-state index in [1.165, 1.54) is 0 Å². The summed E-state index contributed by atoms with van der Waals surface area (Å²) in [5, 5.41) is 2.74. The number of hydrogen-bond donors (Lipinski definition) is 1. The smallest absolute Gasteiger partial charge is 0.262 e. The third kappa shape index (κ3) is 2.92. The van der Waals surface area contributed by atoms with E-state index < -0.39 is 0 Å². The van der Waals surface area contributed by atoms with E-state index in [4.69, 9.17) is 4.74 Å². The number of nitrogens with one attached hydrogen (secondary N) is 1. The van der Waals surface area contributed by atoms with E-state index in [2.05, 4.69) is 24.3 Å². The van der Waals surface area contributed by atoms with Gasteiger partial charge in [0, 0.05) is 24.7 Å². The molecule has 2 aliphatic heterocycles. The van der Waals surface area contributed by atoms with E-state index in [1.807, 2.05) is 4.90 Å². The van der Waals surface area contributed by atoms with E-state index in [1.54, 1.807) is 18.2 Å². The number of benzene rings is 1. The van der Waals surface area contributed by atoms with Gasteiger partial charge in [0.05, 0.1) is 5.69 Å². The number of carbonyl (C=O) groups excluding carboxylic acids is 2. The molecule has 1 fully saturated rings. The number of carbonyl (C=O) groups is 2. The fourth-order valence-electron chi connectivity index (χ4n) is 2.98. The minimum absolute atomic E-state index is 0.0137. The van der Waals surface area contributed by atoms with Crippen LogP contribution in [0.4, 0.5) is 5.69 Å². The first-order chi connectivity index (χ1) is 10.5. The summed E-state index contributed by atoms with van der Waals surface area (Å²) >= 11 is 0. The van der Waals surface area contributed by atoms with Crippen molar-refractivity contribution < 1.29 is 14.3 Å². The average Bonchev–Trinajstić information content (AvgIpc) is 2.53. The van der Waals surface area contributed by atoms with Gasteiger partial charge in [-0.25, -0.2) is 0 Å². The molecule has 1 saturated heterocycles. The van der Waals surface area contributed by atoms with E-state index in [-0.39, 0.29) is 18.4 Å². The maximum absolute atomic E-state index is 12.6. The van der Waals surface area contributed by atoms with Gasteiger partial charge in [0.15, 0.2) is 6.61 Å². The zero-order valence-corrected chi connectivity index (χ0v) is 13.0. The van der Waals surface area contributed by atoms with Crippen LogP contribution < -0.4 is 10.1 Å². The lowest BCUT2D eigenvalue weighted by Crippen LogP contribution is -2.44. The Balaban J connectivity index is 1.71. The molecule has 118 valence electrons. The number of fused-ring (bicyclic) bond motifs is 1. The van der Waals surface area contributed by atoms with Crippen LogP contribution in [0.2, 0.25) is 0 Å². The molecule has 2 aliphatic rings. The van der Waals surface area contributed by atoms with Gasteiger partial charge in [-0.1, -0.05) is 0 Å². The van der Waals surface area contributed by atoms with Crippen molar-refractivity contribution in [3.63, 3.8) is 0 Å². The molecule has 0 aromatic heterocycles. The average molecular weight is 303 g/mol. The Hall–Kier alpha value is -2.08. The first-order valence-electron chi connectivity index (χ1n) is 7.57. The van der Waals surface area contributed by atoms with E-state index in [9.17, 15) is 9.59 Å².